The number of nitrogens with two attached hydrogens (primary N) is 1. The molecule has 41 heavy (non-hydrogen) atoms. The van der Waals surface area contributed by atoms with Crippen LogP contribution in [-0.2, 0) is 22.6 Å². The number of aliphatic hydroxyl groups excluding tert-OH is 2. The van der Waals surface area contributed by atoms with Crippen molar-refractivity contribution < 1.29 is 19.7 Å². The van der Waals surface area contributed by atoms with Crippen LogP contribution in [0, 0.1) is 0 Å². The fourth-order valence-corrected chi connectivity index (χ4v) is 5.40. The normalized spacial score (nSPS) is 20.6. The van der Waals surface area contributed by atoms with Crippen LogP contribution in [0.5, 0.6) is 0 Å². The highest BCUT2D eigenvalue weighted by molar-refractivity contribution is 5.64. The molecule has 5 rings (SSSR count). The molecule has 1 aliphatic rings. The third kappa shape index (κ3) is 7.11. The molecule has 0 saturated carbocycles. The summed E-state index contributed by atoms with van der Waals surface area (Å²) in [6, 6.07) is 34.2. The van der Waals surface area contributed by atoms with Crippen molar-refractivity contribution >= 4 is 0 Å². The van der Waals surface area contributed by atoms with Gasteiger partial charge in [-0.05, 0) is 53.4 Å². The number of hydrogen-bond acceptors (Lipinski definition) is 6. The lowest BCUT2D eigenvalue weighted by Crippen LogP contribution is -2.43. The first-order valence-electron chi connectivity index (χ1n) is 14.3. The number of benzene rings is 4. The molecule has 0 spiro atoms. The fraction of sp³-hybridized carbons (Fsp3) is 0.314. The fourth-order valence-electron chi connectivity index (χ4n) is 5.40. The first-order valence-corrected chi connectivity index (χ1v) is 14.3. The molecule has 1 saturated heterocycles. The molecule has 5 atom stereocenters. The van der Waals surface area contributed by atoms with Crippen molar-refractivity contribution in [3.63, 3.8) is 0 Å². The molecule has 214 valence electrons. The van der Waals surface area contributed by atoms with Crippen molar-refractivity contribution in [2.24, 2.45) is 5.73 Å². The Balaban J connectivity index is 1.35. The largest absolute Gasteiger partial charge is 0.392 e. The SMILES string of the molecule is C[C@@H]([C@H](O)c1ccccc1)N(C)C[C@@H]1C[C@H](c2ccc(CO)cc2)O[C@H](c2ccc(-c3cccc(CN)c3)cc2)O1. The van der Waals surface area contributed by atoms with Gasteiger partial charge in [-0.25, -0.2) is 0 Å². The van der Waals surface area contributed by atoms with Crippen molar-refractivity contribution in [3.05, 3.63) is 131 Å². The maximum absolute atomic E-state index is 11.0. The van der Waals surface area contributed by atoms with Crippen LogP contribution < -0.4 is 5.73 Å². The molecule has 4 aromatic rings. The summed E-state index contributed by atoms with van der Waals surface area (Å²) < 4.78 is 13.1. The summed E-state index contributed by atoms with van der Waals surface area (Å²) in [6.07, 6.45) is -0.757. The molecule has 0 unspecified atom stereocenters. The average Bonchev–Trinajstić information content (AvgIpc) is 3.04. The van der Waals surface area contributed by atoms with Crippen molar-refractivity contribution in [1.82, 2.24) is 4.90 Å². The second-order valence-corrected chi connectivity index (χ2v) is 10.9. The van der Waals surface area contributed by atoms with Crippen LogP contribution >= 0.6 is 0 Å². The molecule has 4 N–H and O–H groups in total. The average molecular weight is 553 g/mol. The van der Waals surface area contributed by atoms with Gasteiger partial charge in [0, 0.05) is 31.1 Å². The maximum atomic E-state index is 11.0. The number of ether oxygens (including phenoxy) is 2. The van der Waals surface area contributed by atoms with Gasteiger partial charge in [0.05, 0.1) is 24.9 Å². The van der Waals surface area contributed by atoms with E-state index in [2.05, 4.69) is 41.3 Å². The van der Waals surface area contributed by atoms with E-state index in [1.54, 1.807) is 0 Å². The number of rotatable bonds is 10. The predicted molar refractivity (Wildman–Crippen MR) is 162 cm³/mol. The van der Waals surface area contributed by atoms with E-state index in [1.807, 2.05) is 80.7 Å². The summed E-state index contributed by atoms with van der Waals surface area (Å²) in [7, 11) is 2.03. The molecule has 1 heterocycles. The highest BCUT2D eigenvalue weighted by Gasteiger charge is 2.34. The van der Waals surface area contributed by atoms with Crippen molar-refractivity contribution in [1.29, 1.82) is 0 Å². The number of likely N-dealkylation sites (N-methyl/N-ethyl adjacent to an activating group) is 1. The van der Waals surface area contributed by atoms with Crippen molar-refractivity contribution in [3.8, 4) is 11.1 Å². The van der Waals surface area contributed by atoms with Crippen LogP contribution in [0.3, 0.4) is 0 Å². The molecule has 1 aliphatic heterocycles. The standard InChI is InChI=1S/C35H40N2O4/c1-24(34(39)29-8-4-3-5-9-29)37(2)22-32-20-33(28-13-11-25(23-38)12-14-28)41-35(40-32)30-17-15-27(16-18-30)31-10-6-7-26(19-31)21-36/h3-19,24,32-35,38-39H,20-23,36H2,1-2H3/t24-,32-,33+,34-,35+/m0/s1. The second-order valence-electron chi connectivity index (χ2n) is 10.9. The third-order valence-corrected chi connectivity index (χ3v) is 8.08. The van der Waals surface area contributed by atoms with E-state index in [0.717, 1.165) is 38.9 Å². The molecule has 6 heteroatoms. The molecule has 0 aliphatic carbocycles. The van der Waals surface area contributed by atoms with E-state index >= 15 is 0 Å². The van der Waals surface area contributed by atoms with Gasteiger partial charge in [0.2, 0.25) is 0 Å². The number of nitrogens with zero attached hydrogens (tertiary/aromatic N) is 1. The minimum Gasteiger partial charge on any atom is -0.392 e. The summed E-state index contributed by atoms with van der Waals surface area (Å²) >= 11 is 0. The molecule has 1 fully saturated rings. The van der Waals surface area contributed by atoms with Gasteiger partial charge in [-0.2, -0.15) is 0 Å². The molecule has 0 bridgehead atoms. The Bertz CT molecular complexity index is 1380. The Morgan fingerprint density at radius 2 is 1.54 bits per heavy atom. The topological polar surface area (TPSA) is 88.2 Å². The maximum Gasteiger partial charge on any atom is 0.184 e. The monoisotopic (exact) mass is 552 g/mol. The molecule has 6 nitrogen and oxygen atoms in total. The summed E-state index contributed by atoms with van der Waals surface area (Å²) in [5.74, 6) is 0. The first-order chi connectivity index (χ1) is 19.9. The number of hydrogen-bond donors (Lipinski definition) is 3. The molecular weight excluding hydrogens is 512 g/mol. The minimum absolute atomic E-state index is 0.00707. The van der Waals surface area contributed by atoms with Crippen LogP contribution in [0.1, 0.15) is 59.7 Å². The van der Waals surface area contributed by atoms with Crippen molar-refractivity contribution in [2.75, 3.05) is 13.6 Å². The highest BCUT2D eigenvalue weighted by Crippen LogP contribution is 2.39. The summed E-state index contributed by atoms with van der Waals surface area (Å²) in [5, 5.41) is 20.5. The number of aliphatic hydroxyl groups is 2. The van der Waals surface area contributed by atoms with Gasteiger partial charge >= 0.3 is 0 Å². The van der Waals surface area contributed by atoms with E-state index in [1.165, 1.54) is 0 Å². The Kier molecular flexibility index (Phi) is 9.62. The second kappa shape index (κ2) is 13.5. The van der Waals surface area contributed by atoms with E-state index in [-0.39, 0.29) is 24.9 Å². The Hall–Kier alpha value is -3.36. The zero-order valence-corrected chi connectivity index (χ0v) is 23.8. The van der Waals surface area contributed by atoms with Gasteiger partial charge in [0.1, 0.15) is 0 Å². The smallest absolute Gasteiger partial charge is 0.184 e. The van der Waals surface area contributed by atoms with E-state index in [4.69, 9.17) is 15.2 Å². The lowest BCUT2D eigenvalue weighted by Gasteiger charge is -2.39. The van der Waals surface area contributed by atoms with Crippen LogP contribution in [0.2, 0.25) is 0 Å². The van der Waals surface area contributed by atoms with E-state index in [0.29, 0.717) is 19.5 Å². The first kappa shape index (κ1) is 29.1. The quantitative estimate of drug-likeness (QED) is 0.227. The Morgan fingerprint density at radius 3 is 2.22 bits per heavy atom. The Morgan fingerprint density at radius 1 is 0.829 bits per heavy atom. The van der Waals surface area contributed by atoms with Crippen LogP contribution in [0.4, 0.5) is 0 Å². The summed E-state index contributed by atoms with van der Waals surface area (Å²) in [6.45, 7) is 3.19. The van der Waals surface area contributed by atoms with Crippen LogP contribution in [-0.4, -0.2) is 40.9 Å². The van der Waals surface area contributed by atoms with Crippen molar-refractivity contribution in [2.45, 2.75) is 57.1 Å². The predicted octanol–water partition coefficient (Wildman–Crippen LogP) is 5.90. The molecule has 0 aromatic heterocycles. The van der Waals surface area contributed by atoms with Gasteiger partial charge in [-0.15, -0.1) is 0 Å². The van der Waals surface area contributed by atoms with Crippen LogP contribution in [0.15, 0.2) is 103 Å². The van der Waals surface area contributed by atoms with Gasteiger partial charge < -0.3 is 25.4 Å². The van der Waals surface area contributed by atoms with Crippen LogP contribution in [0.25, 0.3) is 11.1 Å². The van der Waals surface area contributed by atoms with Gasteiger partial charge in [-0.1, -0.05) is 97.1 Å². The zero-order chi connectivity index (χ0) is 28.8. The molecular formula is C35H40N2O4. The zero-order valence-electron chi connectivity index (χ0n) is 23.8. The molecule has 0 amide bonds. The van der Waals surface area contributed by atoms with Gasteiger partial charge in [0.25, 0.3) is 0 Å². The Labute approximate surface area is 243 Å². The third-order valence-electron chi connectivity index (χ3n) is 8.08. The van der Waals surface area contributed by atoms with Gasteiger partial charge in [-0.3, -0.25) is 4.90 Å². The summed E-state index contributed by atoms with van der Waals surface area (Å²) in [4.78, 5) is 2.16. The van der Waals surface area contributed by atoms with E-state index in [9.17, 15) is 10.2 Å². The molecule has 0 radical (unpaired) electrons. The van der Waals surface area contributed by atoms with E-state index < -0.39 is 12.4 Å². The van der Waals surface area contributed by atoms with Gasteiger partial charge in [0.15, 0.2) is 6.29 Å². The molecule has 4 aromatic carbocycles. The minimum atomic E-state index is -0.607. The lowest BCUT2D eigenvalue weighted by atomic mass is 9.98. The lowest BCUT2D eigenvalue weighted by molar-refractivity contribution is -0.253. The summed E-state index contributed by atoms with van der Waals surface area (Å²) in [5.41, 5.74) is 12.9. The highest BCUT2D eigenvalue weighted by atomic mass is 16.7.